The smallest absolute Gasteiger partial charge is 0.387 e. The molecule has 6 atom stereocenters. The zero-order valence-corrected chi connectivity index (χ0v) is 21.6. The molecule has 3 rings (SSSR count). The van der Waals surface area contributed by atoms with Gasteiger partial charge in [0.15, 0.2) is 17.7 Å². The first-order chi connectivity index (χ1) is 17.1. The number of hydrogen-bond donors (Lipinski definition) is 7. The number of ether oxygens (including phenoxy) is 1. The van der Waals surface area contributed by atoms with Gasteiger partial charge in [0.1, 0.15) is 23.8 Å². The molecule has 0 amide bonds. The molecule has 18 nitrogen and oxygen atoms in total. The van der Waals surface area contributed by atoms with Crippen LogP contribution in [-0.2, 0) is 31.6 Å². The second kappa shape index (κ2) is 11.5. The number of nitrogens with zero attached hydrogens (tertiary/aromatic N) is 4. The van der Waals surface area contributed by atoms with Gasteiger partial charge in [-0.25, -0.2) is 28.6 Å². The number of phosphoric ester groups is 1. The average molecular weight is 587 g/mol. The number of fused-ring (bicyclic) bond motifs is 1. The fourth-order valence-electron chi connectivity index (χ4n) is 3.15. The van der Waals surface area contributed by atoms with Crippen LogP contribution in [0, 0.1) is 11.8 Å². The van der Waals surface area contributed by atoms with Gasteiger partial charge in [-0.1, -0.05) is 19.3 Å². The Balaban J connectivity index is 1.75. The van der Waals surface area contributed by atoms with Gasteiger partial charge in [-0.15, -0.1) is 0 Å². The molecule has 1 aliphatic rings. The molecular weight excluding hydrogens is 563 g/mol. The van der Waals surface area contributed by atoms with E-state index in [9.17, 15) is 33.7 Å². The van der Waals surface area contributed by atoms with Gasteiger partial charge < -0.3 is 40.3 Å². The molecule has 1 saturated heterocycles. The van der Waals surface area contributed by atoms with E-state index in [2.05, 4.69) is 39.9 Å². The molecule has 0 bridgehead atoms. The lowest BCUT2D eigenvalue weighted by molar-refractivity contribution is -0.0503. The quantitative estimate of drug-likeness (QED) is 0.109. The molecule has 6 unspecified atom stereocenters. The fraction of sp³-hybridized carbons (Fsp3) is 0.562. The number of nitrogens with two attached hydrogens (primary N) is 1. The Morgan fingerprint density at radius 1 is 1.11 bits per heavy atom. The van der Waals surface area contributed by atoms with Crippen LogP contribution < -0.4 is 5.73 Å². The van der Waals surface area contributed by atoms with E-state index in [1.807, 2.05) is 6.92 Å². The van der Waals surface area contributed by atoms with Crippen molar-refractivity contribution >= 4 is 40.4 Å². The normalized spacial score (nSPS) is 25.4. The summed E-state index contributed by atoms with van der Waals surface area (Å²) in [5.41, 5.74) is 6.19. The lowest BCUT2D eigenvalue weighted by Gasteiger charge is -2.19. The molecule has 0 aromatic carbocycles. The summed E-state index contributed by atoms with van der Waals surface area (Å²) in [5, 5.41) is 20.9. The van der Waals surface area contributed by atoms with E-state index in [1.165, 1.54) is 10.9 Å². The van der Waals surface area contributed by atoms with Gasteiger partial charge in [-0.3, -0.25) is 9.09 Å². The van der Waals surface area contributed by atoms with E-state index >= 15 is 0 Å². The molecule has 1 fully saturated rings. The lowest BCUT2D eigenvalue weighted by Crippen LogP contribution is -2.33. The SMILES string of the molecule is CCCCC#Cc1nc(N)c2ncn(C3OC(COP(=O)(O)OP(=O)(O)OP(=O)(O)O)C(O)C3O)c2n1. The van der Waals surface area contributed by atoms with Gasteiger partial charge in [0.2, 0.25) is 5.82 Å². The van der Waals surface area contributed by atoms with Crippen molar-refractivity contribution in [3.05, 3.63) is 12.2 Å². The van der Waals surface area contributed by atoms with E-state index in [-0.39, 0.29) is 22.8 Å². The first-order valence-corrected chi connectivity index (χ1v) is 14.9. The van der Waals surface area contributed by atoms with Gasteiger partial charge in [-0.05, 0) is 12.3 Å². The molecular formula is C16H24N5O13P3. The van der Waals surface area contributed by atoms with Crippen LogP contribution in [0.2, 0.25) is 0 Å². The van der Waals surface area contributed by atoms with Crippen LogP contribution in [0.4, 0.5) is 5.82 Å². The first-order valence-electron chi connectivity index (χ1n) is 10.4. The zero-order valence-electron chi connectivity index (χ0n) is 19.0. The van der Waals surface area contributed by atoms with Gasteiger partial charge >= 0.3 is 23.5 Å². The molecule has 0 aliphatic carbocycles. The van der Waals surface area contributed by atoms with Crippen LogP contribution in [0.25, 0.3) is 11.2 Å². The molecule has 0 spiro atoms. The number of aliphatic hydroxyl groups excluding tert-OH is 2. The van der Waals surface area contributed by atoms with Crippen molar-refractivity contribution in [2.75, 3.05) is 12.3 Å². The van der Waals surface area contributed by atoms with E-state index in [4.69, 9.17) is 20.3 Å². The van der Waals surface area contributed by atoms with E-state index in [1.54, 1.807) is 0 Å². The van der Waals surface area contributed by atoms with Crippen molar-refractivity contribution in [2.45, 2.75) is 50.7 Å². The van der Waals surface area contributed by atoms with Crippen LogP contribution in [0.15, 0.2) is 6.33 Å². The lowest BCUT2D eigenvalue weighted by atomic mass is 10.1. The van der Waals surface area contributed by atoms with Crippen molar-refractivity contribution < 1.29 is 61.4 Å². The third kappa shape index (κ3) is 7.85. The Morgan fingerprint density at radius 3 is 2.46 bits per heavy atom. The Bertz CT molecular complexity index is 1340. The second-order valence-electron chi connectivity index (χ2n) is 7.59. The maximum atomic E-state index is 11.9. The van der Waals surface area contributed by atoms with Gasteiger partial charge in [-0.2, -0.15) is 8.62 Å². The molecule has 206 valence electrons. The van der Waals surface area contributed by atoms with Crippen molar-refractivity contribution in [1.29, 1.82) is 0 Å². The minimum absolute atomic E-state index is 0.000728. The molecule has 37 heavy (non-hydrogen) atoms. The third-order valence-corrected chi connectivity index (χ3v) is 8.54. The molecule has 21 heteroatoms. The minimum Gasteiger partial charge on any atom is -0.387 e. The van der Waals surface area contributed by atoms with Crippen molar-refractivity contribution in [3.8, 4) is 11.8 Å². The molecule has 2 aromatic rings. The van der Waals surface area contributed by atoms with Crippen molar-refractivity contribution in [3.63, 3.8) is 0 Å². The summed E-state index contributed by atoms with van der Waals surface area (Å²) >= 11 is 0. The number of hydrogen-bond acceptors (Lipinski definition) is 13. The highest BCUT2D eigenvalue weighted by Crippen LogP contribution is 2.66. The van der Waals surface area contributed by atoms with E-state index in [0.717, 1.165) is 12.8 Å². The second-order valence-corrected chi connectivity index (χ2v) is 12.0. The summed E-state index contributed by atoms with van der Waals surface area (Å²) in [4.78, 5) is 48.3. The highest BCUT2D eigenvalue weighted by atomic mass is 31.3. The summed E-state index contributed by atoms with van der Waals surface area (Å²) in [6.07, 6.45) is -2.53. The van der Waals surface area contributed by atoms with Crippen LogP contribution in [0.3, 0.4) is 0 Å². The summed E-state index contributed by atoms with van der Waals surface area (Å²) < 4.78 is 52.5. The van der Waals surface area contributed by atoms with Crippen LogP contribution >= 0.6 is 23.5 Å². The van der Waals surface area contributed by atoms with Crippen LogP contribution in [0.5, 0.6) is 0 Å². The number of aliphatic hydroxyl groups is 2. The predicted molar refractivity (Wildman–Crippen MR) is 122 cm³/mol. The van der Waals surface area contributed by atoms with Crippen LogP contribution in [-0.4, -0.2) is 74.2 Å². The van der Waals surface area contributed by atoms with E-state index in [0.29, 0.717) is 6.42 Å². The zero-order chi connectivity index (χ0) is 27.6. The maximum Gasteiger partial charge on any atom is 0.490 e. The number of anilines is 1. The fourth-order valence-corrected chi connectivity index (χ4v) is 6.18. The molecule has 3 heterocycles. The number of imidazole rings is 1. The highest BCUT2D eigenvalue weighted by molar-refractivity contribution is 7.66. The molecule has 0 radical (unpaired) electrons. The van der Waals surface area contributed by atoms with Crippen LogP contribution in [0.1, 0.15) is 38.2 Å². The summed E-state index contributed by atoms with van der Waals surface area (Å²) in [7, 11) is -16.8. The van der Waals surface area contributed by atoms with E-state index < -0.39 is 54.6 Å². The van der Waals surface area contributed by atoms with Gasteiger partial charge in [0.25, 0.3) is 0 Å². The predicted octanol–water partition coefficient (Wildman–Crippen LogP) is -0.0873. The number of rotatable bonds is 10. The number of aromatic nitrogens is 4. The summed E-state index contributed by atoms with van der Waals surface area (Å²) in [6.45, 7) is 1.04. The Hall–Kier alpha value is -1.80. The monoisotopic (exact) mass is 587 g/mol. The summed E-state index contributed by atoms with van der Waals surface area (Å²) in [6, 6.07) is 0. The topological polar surface area (TPSA) is 279 Å². The molecule has 8 N–H and O–H groups in total. The molecule has 2 aromatic heterocycles. The standard InChI is InChI=1S/C16H24N5O13P3/c1-2-3-4-5-6-10-19-14(17)11-15(20-10)21(8-18-11)16-13(23)12(22)9(32-16)7-31-36(27,28)34-37(29,30)33-35(24,25)26/h8-9,12-13,16,22-23H,2-4,7H2,1H3,(H,27,28)(H,29,30)(H2,17,19,20)(H2,24,25,26). The third-order valence-electron chi connectivity index (χ3n) is 4.73. The van der Waals surface area contributed by atoms with Gasteiger partial charge in [0, 0.05) is 6.42 Å². The first kappa shape index (κ1) is 29.8. The summed E-state index contributed by atoms with van der Waals surface area (Å²) in [5.74, 6) is 5.77. The number of unbranched alkanes of at least 4 members (excludes halogenated alkanes) is 2. The minimum atomic E-state index is -5.73. The number of phosphoric acid groups is 3. The largest absolute Gasteiger partial charge is 0.490 e. The molecule has 0 saturated carbocycles. The highest BCUT2D eigenvalue weighted by Gasteiger charge is 2.47. The number of nitrogen functional groups attached to an aromatic ring is 1. The average Bonchev–Trinajstić information content (AvgIpc) is 3.29. The van der Waals surface area contributed by atoms with Crippen molar-refractivity contribution in [2.24, 2.45) is 0 Å². The van der Waals surface area contributed by atoms with Crippen molar-refractivity contribution in [1.82, 2.24) is 19.5 Å². The molecule has 1 aliphatic heterocycles. The Morgan fingerprint density at radius 2 is 1.81 bits per heavy atom. The van der Waals surface area contributed by atoms with Gasteiger partial charge in [0.05, 0.1) is 12.9 Å². The Labute approximate surface area is 208 Å². The Kier molecular flexibility index (Phi) is 9.26. The maximum absolute atomic E-state index is 11.9.